The Morgan fingerprint density at radius 1 is 0.361 bits per heavy atom. The van der Waals surface area contributed by atoms with Gasteiger partial charge >= 0.3 is 0 Å². The van der Waals surface area contributed by atoms with Crippen molar-refractivity contribution in [3.63, 3.8) is 0 Å². The quantitative estimate of drug-likeness (QED) is 0.157. The molecule has 0 fully saturated rings. The molecular formula is C85H102Cl2FN9. The van der Waals surface area contributed by atoms with Gasteiger partial charge in [0.05, 0.1) is 52.5 Å². The third kappa shape index (κ3) is 24.3. The Kier molecular flexibility index (Phi) is 32.6. The van der Waals surface area contributed by atoms with Crippen LogP contribution in [0.25, 0.3) is 43.7 Å². The Balaban J connectivity index is 0.000000230. The number of hydrogen-bond acceptors (Lipinski definition) is 5. The summed E-state index contributed by atoms with van der Waals surface area (Å²) in [6.07, 6.45) is 9.25. The summed E-state index contributed by atoms with van der Waals surface area (Å²) < 4.78 is 16.3. The van der Waals surface area contributed by atoms with Gasteiger partial charge in [-0.1, -0.05) is 151 Å². The number of halogens is 3. The molecule has 2 N–H and O–H groups in total. The molecule has 14 rings (SSSR count). The number of H-pyrrole nitrogens is 2. The average molecular weight is 1340 g/mol. The first-order valence-electron chi connectivity index (χ1n) is 32.2. The van der Waals surface area contributed by atoms with Gasteiger partial charge in [0.25, 0.3) is 0 Å². The number of nitrogens with one attached hydrogen (secondary N) is 2. The SMILES string of the molecule is C.Cc1c(F)cccc1Cl.Cc1ccc(C)c(C)c1.Cc1ccc2[nH]cnc2c1C.Cc1ccc2[nH]ncc2c1C.Cc1ccc2c(cnn2C)c1C.Cc1ccc2c(cnn2C)c1C.Cc1cccc(C)c1C.Cc1ccccc1C.Cc1ccccc1Cl.Cc1ccccn1. The van der Waals surface area contributed by atoms with Crippen molar-refractivity contribution in [3.8, 4) is 0 Å². The van der Waals surface area contributed by atoms with Crippen molar-refractivity contribution in [1.82, 2.24) is 44.7 Å². The summed E-state index contributed by atoms with van der Waals surface area (Å²) in [4.78, 5) is 11.3. The number of pyridine rings is 1. The van der Waals surface area contributed by atoms with Gasteiger partial charge < -0.3 is 4.98 Å². The second-order valence-corrected chi connectivity index (χ2v) is 25.1. The van der Waals surface area contributed by atoms with Gasteiger partial charge in [-0.25, -0.2) is 9.37 Å². The van der Waals surface area contributed by atoms with Gasteiger partial charge in [0, 0.05) is 57.8 Å². The lowest BCUT2D eigenvalue weighted by molar-refractivity contribution is 0.618. The van der Waals surface area contributed by atoms with Crippen LogP contribution in [0, 0.1) is 137 Å². The molecule has 0 amide bonds. The molecular weight excluding hydrogens is 1240 g/mol. The highest BCUT2D eigenvalue weighted by molar-refractivity contribution is 6.31. The lowest BCUT2D eigenvalue weighted by atomic mass is 10.1. The van der Waals surface area contributed by atoms with Crippen LogP contribution >= 0.6 is 23.2 Å². The van der Waals surface area contributed by atoms with Crippen molar-refractivity contribution in [2.24, 2.45) is 14.1 Å². The number of benzene rings is 9. The van der Waals surface area contributed by atoms with Crippen LogP contribution in [-0.2, 0) is 14.1 Å². The second kappa shape index (κ2) is 39.5. The number of imidazole rings is 1. The summed E-state index contributed by atoms with van der Waals surface area (Å²) in [6.45, 7) is 39.6. The summed E-state index contributed by atoms with van der Waals surface area (Å²) in [6, 6.07) is 56.4. The third-order valence-electron chi connectivity index (χ3n) is 17.3. The van der Waals surface area contributed by atoms with Crippen LogP contribution in [0.2, 0.25) is 10.0 Å². The number of rotatable bonds is 0. The Morgan fingerprint density at radius 3 is 1.23 bits per heavy atom. The highest BCUT2D eigenvalue weighted by Gasteiger charge is 2.06. The molecule has 0 saturated heterocycles. The minimum Gasteiger partial charge on any atom is -0.345 e. The van der Waals surface area contributed by atoms with E-state index in [9.17, 15) is 4.39 Å². The van der Waals surface area contributed by atoms with Crippen LogP contribution in [0.3, 0.4) is 0 Å². The van der Waals surface area contributed by atoms with Crippen LogP contribution in [0.15, 0.2) is 201 Å². The molecule has 0 atom stereocenters. The maximum Gasteiger partial charge on any atom is 0.127 e. The zero-order chi connectivity index (χ0) is 70.8. The van der Waals surface area contributed by atoms with Gasteiger partial charge in [-0.05, 0) is 275 Å². The van der Waals surface area contributed by atoms with Crippen LogP contribution in [0.4, 0.5) is 4.39 Å². The molecule has 0 bridgehead atoms. The lowest BCUT2D eigenvalue weighted by Crippen LogP contribution is -1.89. The van der Waals surface area contributed by atoms with Crippen molar-refractivity contribution in [2.75, 3.05) is 0 Å². The molecule has 97 heavy (non-hydrogen) atoms. The summed E-state index contributed by atoms with van der Waals surface area (Å²) in [7, 11) is 3.94. The Labute approximate surface area is 588 Å². The van der Waals surface area contributed by atoms with Crippen LogP contribution in [0.5, 0.6) is 0 Å². The van der Waals surface area contributed by atoms with Crippen molar-refractivity contribution < 1.29 is 4.39 Å². The van der Waals surface area contributed by atoms with Crippen molar-refractivity contribution >= 4 is 66.9 Å². The summed E-state index contributed by atoms with van der Waals surface area (Å²) in [5.41, 5.74) is 30.0. The van der Waals surface area contributed by atoms with Crippen molar-refractivity contribution in [2.45, 2.75) is 139 Å². The van der Waals surface area contributed by atoms with E-state index < -0.39 is 0 Å². The fraction of sp³-hybridized carbons (Fsp3) is 0.259. The molecule has 0 aliphatic carbocycles. The molecule has 0 unspecified atom stereocenters. The Bertz CT molecular complexity index is 4390. The molecule has 5 aromatic heterocycles. The fourth-order valence-electron chi connectivity index (χ4n) is 9.50. The number of hydrogen-bond donors (Lipinski definition) is 2. The zero-order valence-corrected chi connectivity index (χ0v) is 61.8. The fourth-order valence-corrected chi connectivity index (χ4v) is 9.80. The largest absolute Gasteiger partial charge is 0.345 e. The predicted molar refractivity (Wildman–Crippen MR) is 417 cm³/mol. The van der Waals surface area contributed by atoms with Crippen molar-refractivity contribution in [1.29, 1.82) is 0 Å². The summed E-state index contributed by atoms with van der Waals surface area (Å²) in [5.74, 6) is -0.248. The van der Waals surface area contributed by atoms with E-state index in [1.165, 1.54) is 122 Å². The Hall–Kier alpha value is -9.48. The second-order valence-electron chi connectivity index (χ2n) is 24.3. The summed E-state index contributed by atoms with van der Waals surface area (Å²) >= 11 is 11.3. The molecule has 14 aromatic rings. The van der Waals surface area contributed by atoms with Gasteiger partial charge in [-0.15, -0.1) is 0 Å². The maximum absolute atomic E-state index is 12.5. The van der Waals surface area contributed by atoms with E-state index in [4.69, 9.17) is 23.2 Å². The average Bonchev–Trinajstić information content (AvgIpc) is 1.71. The van der Waals surface area contributed by atoms with E-state index in [1.54, 1.807) is 31.6 Å². The normalized spacial score (nSPS) is 9.98. The molecule has 5 heterocycles. The molecule has 0 aliphatic heterocycles. The van der Waals surface area contributed by atoms with E-state index in [2.05, 4.69) is 255 Å². The first kappa shape index (κ1) is 80.0. The standard InChI is InChI=1S/2C10H12N2.2C9H10N2.2C9H12.C8H10.C7H6ClF.C7H7Cl.C6H7N.CH4/c2*1-7-4-5-10-9(8(7)2)6-11-12(10)3;1-6-3-4-9-8(7(6)2)5-10-11-9;1-6-3-4-8-9(7(6)2)11-5-10-8;1-7-4-5-8(2)9(3)6-7;1-7-5-4-6-8(2)9(7)3;1-7-5-3-4-6-8(7)2;1-5-6(8)3-2-4-7(5)9;1-6-4-2-3-5-7(6)8;1-6-4-2-3-5-7-6;/h2*4-6H,1-3H3;2*3-5H,1-2H3,(H,10,11);2*4-6H,1-3H3;3-6H,1-2H3;2-4H,1H3;2-5H,1H3;2-5H,1H3;1H4. The first-order valence-corrected chi connectivity index (χ1v) is 33.0. The minimum atomic E-state index is -0.248. The van der Waals surface area contributed by atoms with Gasteiger partial charge in [0.1, 0.15) is 5.82 Å². The molecule has 508 valence electrons. The third-order valence-corrected chi connectivity index (χ3v) is 18.1. The van der Waals surface area contributed by atoms with Crippen molar-refractivity contribution in [3.05, 3.63) is 323 Å². The van der Waals surface area contributed by atoms with E-state index >= 15 is 0 Å². The monoisotopic (exact) mass is 1340 g/mol. The van der Waals surface area contributed by atoms with Crippen LogP contribution in [-0.4, -0.2) is 44.7 Å². The molecule has 12 heteroatoms. The minimum absolute atomic E-state index is 0. The van der Waals surface area contributed by atoms with E-state index in [0.29, 0.717) is 10.6 Å². The van der Waals surface area contributed by atoms with Crippen LogP contribution in [0.1, 0.15) is 113 Å². The lowest BCUT2D eigenvalue weighted by Gasteiger charge is -2.00. The number of aromatic nitrogens is 9. The van der Waals surface area contributed by atoms with Gasteiger partial charge in [0.2, 0.25) is 0 Å². The molecule has 0 saturated carbocycles. The zero-order valence-electron chi connectivity index (χ0n) is 60.3. The van der Waals surface area contributed by atoms with Gasteiger partial charge in [0.15, 0.2) is 0 Å². The van der Waals surface area contributed by atoms with E-state index in [0.717, 1.165) is 32.8 Å². The molecule has 9 aromatic carbocycles. The van der Waals surface area contributed by atoms with Crippen LogP contribution < -0.4 is 0 Å². The molecule has 9 nitrogen and oxygen atoms in total. The highest BCUT2D eigenvalue weighted by Crippen LogP contribution is 2.23. The molecule has 0 spiro atoms. The molecule has 0 radical (unpaired) electrons. The van der Waals surface area contributed by atoms with E-state index in [1.807, 2.05) is 98.4 Å². The van der Waals surface area contributed by atoms with E-state index in [-0.39, 0.29) is 13.2 Å². The predicted octanol–water partition coefficient (Wildman–Crippen LogP) is 23.7. The smallest absolute Gasteiger partial charge is 0.127 e. The number of aromatic amines is 2. The topological polar surface area (TPSA) is 106 Å². The maximum atomic E-state index is 12.5. The molecule has 0 aliphatic rings. The Morgan fingerprint density at radius 2 is 0.794 bits per heavy atom. The number of aryl methyl sites for hydroxylation is 19. The number of fused-ring (bicyclic) bond motifs is 4. The van der Waals surface area contributed by atoms with Gasteiger partial charge in [-0.2, -0.15) is 15.3 Å². The summed E-state index contributed by atoms with van der Waals surface area (Å²) in [5, 5.41) is 20.4. The highest BCUT2D eigenvalue weighted by atomic mass is 35.5. The number of nitrogens with zero attached hydrogens (tertiary/aromatic N) is 7. The van der Waals surface area contributed by atoms with Gasteiger partial charge in [-0.3, -0.25) is 19.4 Å². The first-order chi connectivity index (χ1) is 45.6.